The van der Waals surface area contributed by atoms with Gasteiger partial charge in [-0.3, -0.25) is 5.32 Å². The molecule has 0 unspecified atom stereocenters. The molecule has 1 aromatic heterocycles. The van der Waals surface area contributed by atoms with Crippen molar-refractivity contribution in [2.24, 2.45) is 0 Å². The van der Waals surface area contributed by atoms with Crippen molar-refractivity contribution >= 4 is 11.8 Å². The first-order valence-corrected chi connectivity index (χ1v) is 10.8. The van der Waals surface area contributed by atoms with Gasteiger partial charge in [0.2, 0.25) is 0 Å². The van der Waals surface area contributed by atoms with Crippen LogP contribution in [0.2, 0.25) is 0 Å². The van der Waals surface area contributed by atoms with E-state index < -0.39 is 0 Å². The summed E-state index contributed by atoms with van der Waals surface area (Å²) in [5, 5.41) is 11.0. The third-order valence-electron chi connectivity index (χ3n) is 5.93. The molecule has 1 aliphatic heterocycles. The molecule has 1 aromatic carbocycles. The van der Waals surface area contributed by atoms with Crippen molar-refractivity contribution in [1.29, 1.82) is 0 Å². The van der Waals surface area contributed by atoms with E-state index in [2.05, 4.69) is 55.4 Å². The summed E-state index contributed by atoms with van der Waals surface area (Å²) in [6, 6.07) is 11.1. The van der Waals surface area contributed by atoms with Crippen LogP contribution in [0.15, 0.2) is 30.3 Å². The van der Waals surface area contributed by atoms with Gasteiger partial charge in [-0.05, 0) is 44.7 Å². The van der Waals surface area contributed by atoms with E-state index in [0.717, 1.165) is 43.4 Å². The van der Waals surface area contributed by atoms with Crippen LogP contribution in [-0.4, -0.2) is 45.9 Å². The van der Waals surface area contributed by atoms with Crippen molar-refractivity contribution in [1.82, 2.24) is 20.0 Å². The number of urea groups is 1. The fraction of sp³-hybridized carbons (Fsp3) is 0.565. The van der Waals surface area contributed by atoms with E-state index in [-0.39, 0.29) is 17.5 Å². The normalized spacial score (nSPS) is 18.6. The average molecular weight is 396 g/mol. The molecule has 1 saturated carbocycles. The van der Waals surface area contributed by atoms with Gasteiger partial charge in [-0.15, -0.1) is 0 Å². The molecule has 6 heteroatoms. The van der Waals surface area contributed by atoms with Crippen molar-refractivity contribution in [3.63, 3.8) is 0 Å². The Morgan fingerprint density at radius 2 is 1.72 bits per heavy atom. The van der Waals surface area contributed by atoms with Gasteiger partial charge in [0.1, 0.15) is 5.82 Å². The number of aromatic nitrogens is 2. The summed E-state index contributed by atoms with van der Waals surface area (Å²) in [6.45, 7) is 10.6. The van der Waals surface area contributed by atoms with Crippen LogP contribution in [0.3, 0.4) is 0 Å². The maximum Gasteiger partial charge on any atom is 0.320 e. The Balaban J connectivity index is 1.46. The van der Waals surface area contributed by atoms with Crippen LogP contribution in [0.1, 0.15) is 57.7 Å². The lowest BCUT2D eigenvalue weighted by atomic mass is 9.92. The van der Waals surface area contributed by atoms with E-state index >= 15 is 0 Å². The van der Waals surface area contributed by atoms with E-state index in [4.69, 9.17) is 5.10 Å². The quantitative estimate of drug-likeness (QED) is 0.814. The number of hydrogen-bond donors (Lipinski definition) is 2. The molecule has 156 valence electrons. The van der Waals surface area contributed by atoms with Crippen LogP contribution in [0.4, 0.5) is 10.6 Å². The van der Waals surface area contributed by atoms with Gasteiger partial charge in [0.05, 0.1) is 11.4 Å². The number of nitrogens with one attached hydrogen (secondary N) is 2. The van der Waals surface area contributed by atoms with Crippen LogP contribution in [0.5, 0.6) is 0 Å². The zero-order chi connectivity index (χ0) is 20.6. The Morgan fingerprint density at radius 1 is 1.07 bits per heavy atom. The topological polar surface area (TPSA) is 62.2 Å². The molecule has 0 spiro atoms. The smallest absolute Gasteiger partial charge is 0.320 e. The maximum atomic E-state index is 12.7. The number of hydrogen-bond acceptors (Lipinski definition) is 3. The lowest BCUT2D eigenvalue weighted by molar-refractivity contribution is 0.189. The standard InChI is InChI=1S/C23H33N5O/c1-16-5-7-19(8-6-16)28-21(15-20(26-28)23(2,3)4)25-22(29)24-17-11-13-27(14-12-17)18-9-10-18/h5-8,15,17-18H,9-14H2,1-4H3,(H2,24,25,29). The Kier molecular flexibility index (Phi) is 5.38. The maximum absolute atomic E-state index is 12.7. The molecule has 0 radical (unpaired) electrons. The number of likely N-dealkylation sites (tertiary alicyclic amines) is 1. The van der Waals surface area contributed by atoms with Crippen molar-refractivity contribution in [2.45, 2.75) is 70.9 Å². The van der Waals surface area contributed by atoms with Gasteiger partial charge in [-0.1, -0.05) is 38.5 Å². The molecule has 6 nitrogen and oxygen atoms in total. The summed E-state index contributed by atoms with van der Waals surface area (Å²) < 4.78 is 1.83. The Bertz CT molecular complexity index is 852. The summed E-state index contributed by atoms with van der Waals surface area (Å²) in [5.74, 6) is 0.701. The Morgan fingerprint density at radius 3 is 2.31 bits per heavy atom. The minimum Gasteiger partial charge on any atom is -0.335 e. The van der Waals surface area contributed by atoms with E-state index in [1.165, 1.54) is 18.4 Å². The SMILES string of the molecule is Cc1ccc(-n2nc(C(C)(C)C)cc2NC(=O)NC2CCN(C3CC3)CC2)cc1. The first-order valence-electron chi connectivity index (χ1n) is 10.8. The Hall–Kier alpha value is -2.34. The highest BCUT2D eigenvalue weighted by Crippen LogP contribution is 2.29. The summed E-state index contributed by atoms with van der Waals surface area (Å²) in [4.78, 5) is 15.3. The highest BCUT2D eigenvalue weighted by Gasteiger charge is 2.32. The predicted octanol–water partition coefficient (Wildman–Crippen LogP) is 4.23. The number of carbonyl (C=O) groups is 1. The molecule has 0 atom stereocenters. The lowest BCUT2D eigenvalue weighted by Gasteiger charge is -2.32. The summed E-state index contributed by atoms with van der Waals surface area (Å²) in [7, 11) is 0. The van der Waals surface area contributed by atoms with E-state index in [0.29, 0.717) is 5.82 Å². The minimum atomic E-state index is -0.149. The number of aryl methyl sites for hydroxylation is 1. The summed E-state index contributed by atoms with van der Waals surface area (Å²) in [6.07, 6.45) is 4.73. The fourth-order valence-corrected chi connectivity index (χ4v) is 3.91. The van der Waals surface area contributed by atoms with Crippen molar-refractivity contribution in [2.75, 3.05) is 18.4 Å². The first kappa shape index (κ1) is 20.0. The second kappa shape index (κ2) is 7.82. The zero-order valence-corrected chi connectivity index (χ0v) is 18.0. The number of piperidine rings is 1. The molecule has 2 heterocycles. The Labute approximate surface area is 173 Å². The average Bonchev–Trinajstić information content (AvgIpc) is 3.43. The highest BCUT2D eigenvalue weighted by molar-refractivity contribution is 5.89. The van der Waals surface area contributed by atoms with Gasteiger partial charge in [0.15, 0.2) is 0 Å². The van der Waals surface area contributed by atoms with Gasteiger partial charge in [-0.25, -0.2) is 9.48 Å². The van der Waals surface area contributed by atoms with Gasteiger partial charge in [0.25, 0.3) is 0 Å². The molecule has 2 fully saturated rings. The van der Waals surface area contributed by atoms with E-state index in [1.54, 1.807) is 0 Å². The van der Waals surface area contributed by atoms with Crippen molar-refractivity contribution in [3.8, 4) is 5.69 Å². The number of nitrogens with zero attached hydrogens (tertiary/aromatic N) is 3. The number of rotatable bonds is 4. The second-order valence-corrected chi connectivity index (χ2v) is 9.55. The molecule has 1 aliphatic carbocycles. The minimum absolute atomic E-state index is 0.0987. The zero-order valence-electron chi connectivity index (χ0n) is 18.0. The molecule has 1 saturated heterocycles. The van der Waals surface area contributed by atoms with Crippen LogP contribution < -0.4 is 10.6 Å². The van der Waals surface area contributed by atoms with Gasteiger partial charge >= 0.3 is 6.03 Å². The third kappa shape index (κ3) is 4.81. The van der Waals surface area contributed by atoms with E-state index in [9.17, 15) is 4.79 Å². The monoisotopic (exact) mass is 395 g/mol. The third-order valence-corrected chi connectivity index (χ3v) is 5.93. The van der Waals surface area contributed by atoms with E-state index in [1.807, 2.05) is 22.9 Å². The molecule has 2 aromatic rings. The molecule has 29 heavy (non-hydrogen) atoms. The van der Waals surface area contributed by atoms with Crippen molar-refractivity contribution < 1.29 is 4.79 Å². The highest BCUT2D eigenvalue weighted by atomic mass is 16.2. The lowest BCUT2D eigenvalue weighted by Crippen LogP contribution is -2.46. The fourth-order valence-electron chi connectivity index (χ4n) is 3.91. The molecule has 2 aliphatic rings. The second-order valence-electron chi connectivity index (χ2n) is 9.55. The van der Waals surface area contributed by atoms with Crippen LogP contribution >= 0.6 is 0 Å². The van der Waals surface area contributed by atoms with Crippen LogP contribution in [0.25, 0.3) is 5.69 Å². The van der Waals surface area contributed by atoms with Crippen LogP contribution in [-0.2, 0) is 5.41 Å². The summed E-state index contributed by atoms with van der Waals surface area (Å²) in [5.41, 5.74) is 2.99. The number of carbonyl (C=O) groups excluding carboxylic acids is 1. The number of amides is 2. The molecular formula is C23H33N5O. The predicted molar refractivity (Wildman–Crippen MR) is 117 cm³/mol. The number of benzene rings is 1. The first-order chi connectivity index (χ1) is 13.8. The van der Waals surface area contributed by atoms with Gasteiger partial charge in [0, 0.05) is 36.7 Å². The summed E-state index contributed by atoms with van der Waals surface area (Å²) >= 11 is 0. The van der Waals surface area contributed by atoms with Gasteiger partial charge < -0.3 is 10.2 Å². The largest absolute Gasteiger partial charge is 0.335 e. The van der Waals surface area contributed by atoms with Gasteiger partial charge in [-0.2, -0.15) is 5.10 Å². The molecule has 0 bridgehead atoms. The molecule has 2 N–H and O–H groups in total. The molecule has 4 rings (SSSR count). The van der Waals surface area contributed by atoms with Crippen LogP contribution in [0, 0.1) is 6.92 Å². The van der Waals surface area contributed by atoms with Crippen molar-refractivity contribution in [3.05, 3.63) is 41.6 Å². The molecular weight excluding hydrogens is 362 g/mol. The number of anilines is 1. The molecule has 2 amide bonds.